The van der Waals surface area contributed by atoms with E-state index in [0.717, 1.165) is 29.4 Å². The van der Waals surface area contributed by atoms with Crippen LogP contribution in [0.5, 0.6) is 0 Å². The highest BCUT2D eigenvalue weighted by molar-refractivity contribution is 5.58. The van der Waals surface area contributed by atoms with E-state index in [1.54, 1.807) is 0 Å². The molecule has 2 aliphatic rings. The zero-order valence-corrected chi connectivity index (χ0v) is 11.6. The smallest absolute Gasteiger partial charge is 0.147 e. The van der Waals surface area contributed by atoms with Crippen LogP contribution in [0.4, 0.5) is 5.82 Å². The van der Waals surface area contributed by atoms with E-state index >= 15 is 0 Å². The minimum atomic E-state index is 0.615. The Balaban J connectivity index is 1.92. The Kier molecular flexibility index (Phi) is 3.42. The molecule has 1 saturated carbocycles. The van der Waals surface area contributed by atoms with E-state index < -0.39 is 0 Å². The van der Waals surface area contributed by atoms with Gasteiger partial charge in [-0.05, 0) is 50.2 Å². The number of nitrogens with zero attached hydrogens (tertiary/aromatic N) is 3. The highest BCUT2D eigenvalue weighted by Crippen LogP contribution is 2.38. The number of anilines is 1. The third-order valence-electron chi connectivity index (χ3n) is 4.77. The van der Waals surface area contributed by atoms with Crippen LogP contribution >= 0.6 is 0 Å². The average molecular weight is 255 g/mol. The molecule has 1 aromatic heterocycles. The van der Waals surface area contributed by atoms with Crippen LogP contribution < -0.4 is 4.90 Å². The van der Waals surface area contributed by atoms with Gasteiger partial charge in [0, 0.05) is 18.8 Å². The van der Waals surface area contributed by atoms with Crippen molar-refractivity contribution in [1.29, 1.82) is 5.26 Å². The first-order valence-electron chi connectivity index (χ1n) is 7.43. The number of hydrogen-bond acceptors (Lipinski definition) is 3. The lowest BCUT2D eigenvalue weighted by Gasteiger charge is -2.31. The van der Waals surface area contributed by atoms with Gasteiger partial charge in [0.15, 0.2) is 0 Å². The molecule has 0 bridgehead atoms. The molecule has 1 atom stereocenters. The van der Waals surface area contributed by atoms with E-state index in [-0.39, 0.29) is 0 Å². The normalized spacial score (nSPS) is 23.8. The summed E-state index contributed by atoms with van der Waals surface area (Å²) in [6.45, 7) is 3.07. The van der Waals surface area contributed by atoms with Crippen molar-refractivity contribution in [2.24, 2.45) is 5.92 Å². The molecular weight excluding hydrogens is 234 g/mol. The summed E-state index contributed by atoms with van der Waals surface area (Å²) in [5.74, 6) is 1.74. The molecule has 1 aliphatic carbocycles. The number of nitriles is 1. The largest absolute Gasteiger partial charge is 0.352 e. The molecule has 3 nitrogen and oxygen atoms in total. The van der Waals surface area contributed by atoms with E-state index in [1.807, 2.05) is 19.2 Å². The Morgan fingerprint density at radius 3 is 2.79 bits per heavy atom. The zero-order chi connectivity index (χ0) is 13.2. The van der Waals surface area contributed by atoms with Crippen molar-refractivity contribution in [3.63, 3.8) is 0 Å². The van der Waals surface area contributed by atoms with Gasteiger partial charge in [-0.15, -0.1) is 0 Å². The summed E-state index contributed by atoms with van der Waals surface area (Å²) in [5, 5.41) is 9.39. The van der Waals surface area contributed by atoms with Crippen LogP contribution in [0.3, 0.4) is 0 Å². The Labute approximate surface area is 115 Å². The van der Waals surface area contributed by atoms with Crippen LogP contribution in [0.15, 0.2) is 12.3 Å². The second-order valence-corrected chi connectivity index (χ2v) is 5.89. The van der Waals surface area contributed by atoms with Crippen molar-refractivity contribution in [3.05, 3.63) is 23.4 Å². The van der Waals surface area contributed by atoms with Gasteiger partial charge in [-0.2, -0.15) is 5.26 Å². The predicted octanol–water partition coefficient (Wildman–Crippen LogP) is 3.42. The first kappa shape index (κ1) is 12.5. The van der Waals surface area contributed by atoms with E-state index in [1.165, 1.54) is 38.5 Å². The lowest BCUT2D eigenvalue weighted by atomic mass is 9.95. The number of aryl methyl sites for hydroxylation is 1. The first-order chi connectivity index (χ1) is 9.31. The maximum atomic E-state index is 9.39. The van der Waals surface area contributed by atoms with Gasteiger partial charge in [-0.1, -0.05) is 12.8 Å². The van der Waals surface area contributed by atoms with Gasteiger partial charge < -0.3 is 4.90 Å². The van der Waals surface area contributed by atoms with Gasteiger partial charge in [-0.3, -0.25) is 0 Å². The number of pyridine rings is 1. The maximum absolute atomic E-state index is 9.39. The summed E-state index contributed by atoms with van der Waals surface area (Å²) in [6.07, 6.45) is 9.81. The van der Waals surface area contributed by atoms with Crippen molar-refractivity contribution in [1.82, 2.24) is 4.98 Å². The van der Waals surface area contributed by atoms with Crippen LogP contribution in [0.2, 0.25) is 0 Å². The molecule has 0 N–H and O–H groups in total. The molecule has 3 heteroatoms. The second kappa shape index (κ2) is 5.21. The minimum Gasteiger partial charge on any atom is -0.352 e. The van der Waals surface area contributed by atoms with Gasteiger partial charge in [0.05, 0.1) is 5.56 Å². The molecule has 3 rings (SSSR count). The quantitative estimate of drug-likeness (QED) is 0.813. The molecule has 2 fully saturated rings. The molecular formula is C16H21N3. The minimum absolute atomic E-state index is 0.615. The van der Waals surface area contributed by atoms with Crippen LogP contribution in [-0.4, -0.2) is 17.6 Å². The second-order valence-electron chi connectivity index (χ2n) is 5.89. The van der Waals surface area contributed by atoms with Crippen LogP contribution in [0.25, 0.3) is 0 Å². The number of rotatable bonds is 2. The van der Waals surface area contributed by atoms with Crippen molar-refractivity contribution >= 4 is 5.82 Å². The van der Waals surface area contributed by atoms with Gasteiger partial charge in [0.25, 0.3) is 0 Å². The van der Waals surface area contributed by atoms with Gasteiger partial charge in [0.1, 0.15) is 11.9 Å². The van der Waals surface area contributed by atoms with Crippen molar-refractivity contribution in [2.45, 2.75) is 51.5 Å². The molecule has 1 aromatic rings. The molecule has 0 amide bonds. The summed E-state index contributed by atoms with van der Waals surface area (Å²) >= 11 is 0. The SMILES string of the molecule is Cc1ccnc(N2CCCC2C2CCCC2)c1C#N. The monoisotopic (exact) mass is 255 g/mol. The molecule has 2 heterocycles. The molecule has 100 valence electrons. The Bertz CT molecular complexity index is 497. The van der Waals surface area contributed by atoms with Crippen LogP contribution in [-0.2, 0) is 0 Å². The van der Waals surface area contributed by atoms with Gasteiger partial charge in [-0.25, -0.2) is 4.98 Å². The lowest BCUT2D eigenvalue weighted by Crippen LogP contribution is -2.35. The van der Waals surface area contributed by atoms with Gasteiger partial charge in [0.2, 0.25) is 0 Å². The van der Waals surface area contributed by atoms with E-state index in [9.17, 15) is 5.26 Å². The summed E-state index contributed by atoms with van der Waals surface area (Å²) in [7, 11) is 0. The number of aromatic nitrogens is 1. The topological polar surface area (TPSA) is 39.9 Å². The molecule has 1 aliphatic heterocycles. The van der Waals surface area contributed by atoms with E-state index in [0.29, 0.717) is 6.04 Å². The first-order valence-corrected chi connectivity index (χ1v) is 7.43. The van der Waals surface area contributed by atoms with Crippen molar-refractivity contribution in [2.75, 3.05) is 11.4 Å². The fraction of sp³-hybridized carbons (Fsp3) is 0.625. The molecule has 0 aromatic carbocycles. The van der Waals surface area contributed by atoms with E-state index in [4.69, 9.17) is 0 Å². The predicted molar refractivity (Wildman–Crippen MR) is 76.0 cm³/mol. The summed E-state index contributed by atoms with van der Waals surface area (Å²) < 4.78 is 0. The molecule has 1 unspecified atom stereocenters. The van der Waals surface area contributed by atoms with Crippen molar-refractivity contribution in [3.8, 4) is 6.07 Å². The zero-order valence-electron chi connectivity index (χ0n) is 11.6. The Morgan fingerprint density at radius 1 is 1.26 bits per heavy atom. The fourth-order valence-electron chi connectivity index (χ4n) is 3.79. The summed E-state index contributed by atoms with van der Waals surface area (Å²) in [5.41, 5.74) is 1.82. The summed E-state index contributed by atoms with van der Waals surface area (Å²) in [6, 6.07) is 4.90. The lowest BCUT2D eigenvalue weighted by molar-refractivity contribution is 0.429. The Hall–Kier alpha value is -1.56. The average Bonchev–Trinajstić information content (AvgIpc) is 3.09. The van der Waals surface area contributed by atoms with E-state index in [2.05, 4.69) is 16.0 Å². The van der Waals surface area contributed by atoms with Crippen LogP contribution in [0.1, 0.15) is 49.7 Å². The van der Waals surface area contributed by atoms with Gasteiger partial charge >= 0.3 is 0 Å². The molecule has 0 radical (unpaired) electrons. The molecule has 0 spiro atoms. The maximum Gasteiger partial charge on any atom is 0.147 e. The summed E-state index contributed by atoms with van der Waals surface area (Å²) in [4.78, 5) is 6.94. The standard InChI is InChI=1S/C16H21N3/c1-12-8-9-18-16(14(12)11-17)19-10-4-7-15(19)13-5-2-3-6-13/h8-9,13,15H,2-7,10H2,1H3. The Morgan fingerprint density at radius 2 is 2.05 bits per heavy atom. The fourth-order valence-corrected chi connectivity index (χ4v) is 3.79. The molecule has 1 saturated heterocycles. The highest BCUT2D eigenvalue weighted by atomic mass is 15.2. The molecule has 19 heavy (non-hydrogen) atoms. The third-order valence-corrected chi connectivity index (χ3v) is 4.77. The number of hydrogen-bond donors (Lipinski definition) is 0. The third kappa shape index (κ3) is 2.20. The van der Waals surface area contributed by atoms with Crippen molar-refractivity contribution < 1.29 is 0 Å². The highest BCUT2D eigenvalue weighted by Gasteiger charge is 2.35. The van der Waals surface area contributed by atoms with Crippen LogP contribution in [0, 0.1) is 24.2 Å².